The van der Waals surface area contributed by atoms with E-state index < -0.39 is 29.0 Å². The van der Waals surface area contributed by atoms with Crippen LogP contribution in [0.5, 0.6) is 0 Å². The minimum atomic E-state index is -0.935. The van der Waals surface area contributed by atoms with Crippen LogP contribution in [0.25, 0.3) is 0 Å². The zero-order chi connectivity index (χ0) is 10.1. The first kappa shape index (κ1) is 17.4. The van der Waals surface area contributed by atoms with Crippen LogP contribution in [0.15, 0.2) is 24.3 Å². The molecule has 0 spiro atoms. The van der Waals surface area contributed by atoms with Gasteiger partial charge < -0.3 is 5.11 Å². The van der Waals surface area contributed by atoms with Gasteiger partial charge in [0.1, 0.15) is 0 Å². The van der Waals surface area contributed by atoms with Gasteiger partial charge in [-0.1, -0.05) is 18.2 Å². The molecule has 2 nitrogen and oxygen atoms in total. The van der Waals surface area contributed by atoms with E-state index in [1.807, 2.05) is 0 Å². The van der Waals surface area contributed by atoms with Gasteiger partial charge in [0.2, 0.25) is 0 Å². The van der Waals surface area contributed by atoms with Crippen LogP contribution in [-0.2, 0) is 23.1 Å². The Kier molecular flexibility index (Phi) is 14.9. The Bertz CT molecular complexity index is 242. The van der Waals surface area contributed by atoms with Crippen LogP contribution < -0.4 is 0 Å². The summed E-state index contributed by atoms with van der Waals surface area (Å²) < 4.78 is 1.41. The van der Waals surface area contributed by atoms with Crippen molar-refractivity contribution >= 4 is 44.6 Å². The first-order chi connectivity index (χ1) is 6.22. The van der Waals surface area contributed by atoms with Gasteiger partial charge >= 0.3 is 78.5 Å². The van der Waals surface area contributed by atoms with Crippen molar-refractivity contribution in [1.82, 2.24) is 0 Å². The molecule has 0 atom stereocenters. The first-order valence-electron chi connectivity index (χ1n) is 4.03. The standard InChI is InChI=1S/C7H5O2.C2H5.Hg.Na.H2S.H/c8-7(9)6-4-2-1-3-5-6;1-2;;;;/h1-4H,(H,8,9);1H2,2H3;;;1H2;/q;;+1;;;/p-1. The van der Waals surface area contributed by atoms with Crippen LogP contribution in [0.1, 0.15) is 17.3 Å². The van der Waals surface area contributed by atoms with Crippen molar-refractivity contribution in [2.45, 2.75) is 10.9 Å². The number of hydrogen-bond donors (Lipinski definition) is 2. The van der Waals surface area contributed by atoms with Gasteiger partial charge in [-0.2, -0.15) is 0 Å². The van der Waals surface area contributed by atoms with Gasteiger partial charge in [0.15, 0.2) is 0 Å². The third-order valence-corrected chi connectivity index (χ3v) is 6.83. The van der Waals surface area contributed by atoms with Crippen molar-refractivity contribution in [2.75, 3.05) is 0 Å². The van der Waals surface area contributed by atoms with Crippen LogP contribution in [-0.4, -0.2) is 40.6 Å². The Hall–Kier alpha value is 0.975. The summed E-state index contributed by atoms with van der Waals surface area (Å²) in [4.78, 5) is 10.2. The molecule has 69 valence electrons. The molecule has 1 N–H and O–H groups in total. The molecule has 0 amide bonds. The van der Waals surface area contributed by atoms with E-state index in [0.717, 1.165) is 0 Å². The molecule has 1 rings (SSSR count). The third kappa shape index (κ3) is 9.53. The predicted molar refractivity (Wildman–Crippen MR) is 58.9 cm³/mol. The van der Waals surface area contributed by atoms with Gasteiger partial charge in [-0.25, -0.2) is 4.79 Å². The quantitative estimate of drug-likeness (QED) is 0.580. The van der Waals surface area contributed by atoms with E-state index in [2.05, 4.69) is 22.1 Å². The fourth-order valence-electron chi connectivity index (χ4n) is 0.526. The Morgan fingerprint density at radius 1 is 1.64 bits per heavy atom. The number of aromatic carboxylic acids is 1. The summed E-state index contributed by atoms with van der Waals surface area (Å²) >= 11 is -0.418. The van der Waals surface area contributed by atoms with Crippen LogP contribution in [0, 0.1) is 6.07 Å². The third-order valence-electron chi connectivity index (χ3n) is 1.16. The number of hydrogen-bond acceptors (Lipinski definition) is 2. The fourth-order valence-corrected chi connectivity index (χ4v) is 0.526. The summed E-state index contributed by atoms with van der Waals surface area (Å²) in [6, 6.07) is 9.04. The summed E-state index contributed by atoms with van der Waals surface area (Å²) in [6.45, 7) is 2.20. The second-order valence-corrected chi connectivity index (χ2v) is 11.9. The number of carboxylic acid groups (broad SMARTS) is 1. The number of benzene rings is 1. The zero-order valence-corrected chi connectivity index (χ0v) is 13.9. The van der Waals surface area contributed by atoms with Crippen LogP contribution >= 0.6 is 9.11 Å². The molecule has 14 heavy (non-hydrogen) atoms. The van der Waals surface area contributed by atoms with E-state index in [1.54, 1.807) is 18.2 Å². The first-order valence-corrected chi connectivity index (χ1v) is 15.9. The van der Waals surface area contributed by atoms with Crippen molar-refractivity contribution < 1.29 is 33.0 Å². The van der Waals surface area contributed by atoms with Gasteiger partial charge in [0.05, 0.1) is 5.56 Å². The Balaban J connectivity index is 0. The molecule has 0 aliphatic heterocycles. The molecule has 0 saturated carbocycles. The van der Waals surface area contributed by atoms with Crippen LogP contribution in [0.4, 0.5) is 0 Å². The SMILES string of the molecule is C[CH2][Hg][SH].O=C(O)c1[c]cccc1.[NaH]. The maximum atomic E-state index is 10.2. The van der Waals surface area contributed by atoms with E-state index >= 15 is 0 Å². The average molecular weight is 408 g/mol. The summed E-state index contributed by atoms with van der Waals surface area (Å²) in [7, 11) is 4.14. The summed E-state index contributed by atoms with van der Waals surface area (Å²) in [5.41, 5.74) is 0.206. The molecule has 0 saturated heterocycles. The second kappa shape index (κ2) is 12.0. The zero-order valence-electron chi connectivity index (χ0n) is 7.53. The van der Waals surface area contributed by atoms with Crippen LogP contribution in [0.3, 0.4) is 0 Å². The van der Waals surface area contributed by atoms with E-state index in [9.17, 15) is 4.79 Å². The van der Waals surface area contributed by atoms with E-state index in [-0.39, 0.29) is 35.1 Å². The van der Waals surface area contributed by atoms with Gasteiger partial charge in [0, 0.05) is 0 Å². The van der Waals surface area contributed by atoms with E-state index in [0.29, 0.717) is 0 Å². The maximum absolute atomic E-state index is 10.2. The van der Waals surface area contributed by atoms with Crippen molar-refractivity contribution in [3.8, 4) is 0 Å². The Morgan fingerprint density at radius 3 is 2.43 bits per heavy atom. The van der Waals surface area contributed by atoms with Crippen molar-refractivity contribution in [3.63, 3.8) is 0 Å². The van der Waals surface area contributed by atoms with Gasteiger partial charge in [-0.05, 0) is 12.1 Å². The number of carboxylic acids is 1. The molecule has 0 fully saturated rings. The van der Waals surface area contributed by atoms with Crippen molar-refractivity contribution in [1.29, 1.82) is 0 Å². The molecule has 0 aliphatic carbocycles. The fraction of sp³-hybridized carbons (Fsp3) is 0.222. The van der Waals surface area contributed by atoms with Crippen molar-refractivity contribution in [2.24, 2.45) is 0 Å². The molecule has 0 bridgehead atoms. The topological polar surface area (TPSA) is 37.3 Å². The number of carbonyl (C=O) groups is 1. The molecule has 0 unspecified atom stereocenters. The summed E-state index contributed by atoms with van der Waals surface area (Å²) in [6.07, 6.45) is 0. The Morgan fingerprint density at radius 2 is 2.21 bits per heavy atom. The molecule has 0 aromatic heterocycles. The molecule has 1 aromatic carbocycles. The second-order valence-electron chi connectivity index (χ2n) is 2.31. The van der Waals surface area contributed by atoms with Gasteiger partial charge in [0.25, 0.3) is 0 Å². The van der Waals surface area contributed by atoms with Gasteiger partial charge in [-0.3, -0.25) is 0 Å². The van der Waals surface area contributed by atoms with E-state index in [4.69, 9.17) is 5.11 Å². The van der Waals surface area contributed by atoms with Crippen molar-refractivity contribution in [3.05, 3.63) is 35.9 Å². The van der Waals surface area contributed by atoms with E-state index in [1.165, 1.54) is 10.00 Å². The molecular weight excluding hydrogens is 396 g/mol. The molecule has 1 aromatic rings. The minimum absolute atomic E-state index is 0. The Labute approximate surface area is 123 Å². The monoisotopic (exact) mass is 409 g/mol. The average Bonchev–Trinajstić information content (AvgIpc) is 2.19. The summed E-state index contributed by atoms with van der Waals surface area (Å²) in [5.74, 6) is -0.935. The molecule has 0 heterocycles. The number of rotatable bonds is 2. The predicted octanol–water partition coefficient (Wildman–Crippen LogP) is 1.89. The van der Waals surface area contributed by atoms with Crippen LogP contribution in [0.2, 0.25) is 3.93 Å². The molecule has 1 radical (unpaired) electrons. The van der Waals surface area contributed by atoms with Gasteiger partial charge in [-0.15, -0.1) is 0 Å². The number of thiol groups is 1. The summed E-state index contributed by atoms with van der Waals surface area (Å²) in [5, 5.41) is 8.35. The molecule has 5 heteroatoms. The molecule has 0 aliphatic rings. The normalized spacial score (nSPS) is 7.29. The molecular formula is C9H12HgNaO2S.